The Morgan fingerprint density at radius 2 is 1.83 bits per heavy atom. The van der Waals surface area contributed by atoms with Crippen LogP contribution in [0.25, 0.3) is 0 Å². The molecule has 0 N–H and O–H groups in total. The second-order valence-corrected chi connectivity index (χ2v) is 12.7. The molecule has 35 heavy (non-hydrogen) atoms. The van der Waals surface area contributed by atoms with E-state index in [0.717, 1.165) is 23.1 Å². The van der Waals surface area contributed by atoms with Gasteiger partial charge >= 0.3 is 0 Å². The van der Waals surface area contributed by atoms with Gasteiger partial charge in [0.05, 0.1) is 17.5 Å². The van der Waals surface area contributed by atoms with E-state index in [1.165, 1.54) is 21.3 Å². The largest absolute Gasteiger partial charge is 0.330 e. The monoisotopic (exact) mass is 530 g/mol. The summed E-state index contributed by atoms with van der Waals surface area (Å²) < 4.78 is 28.4. The Labute approximate surface area is 217 Å². The Hall–Kier alpha value is -2.19. The van der Waals surface area contributed by atoms with Crippen molar-refractivity contribution in [3.8, 4) is 0 Å². The van der Waals surface area contributed by atoms with E-state index in [9.17, 15) is 13.2 Å². The van der Waals surface area contributed by atoms with Crippen LogP contribution in [0.2, 0.25) is 5.02 Å². The predicted octanol–water partition coefficient (Wildman–Crippen LogP) is 5.92. The van der Waals surface area contributed by atoms with Crippen LogP contribution in [0.4, 0.5) is 0 Å². The molecule has 2 aromatic carbocycles. The number of halogens is 1. The highest BCUT2D eigenvalue weighted by Crippen LogP contribution is 2.39. The van der Waals surface area contributed by atoms with Crippen LogP contribution in [0.3, 0.4) is 0 Å². The SMILES string of the molecule is Cc1ccccc1C1c2ccsc2CCN1C(=O)CN(CCC(C)C)S(=O)(=O)c1ccc(Cl)cc1. The van der Waals surface area contributed by atoms with Crippen LogP contribution in [-0.4, -0.2) is 43.2 Å². The summed E-state index contributed by atoms with van der Waals surface area (Å²) in [5.74, 6) is 0.118. The number of hydrogen-bond donors (Lipinski definition) is 0. The van der Waals surface area contributed by atoms with Gasteiger partial charge in [-0.05, 0) is 78.1 Å². The van der Waals surface area contributed by atoms with Gasteiger partial charge < -0.3 is 4.90 Å². The minimum Gasteiger partial charge on any atom is -0.330 e. The lowest BCUT2D eigenvalue weighted by atomic mass is 9.90. The van der Waals surface area contributed by atoms with Crippen LogP contribution in [0.5, 0.6) is 0 Å². The van der Waals surface area contributed by atoms with Crippen molar-refractivity contribution in [1.29, 1.82) is 0 Å². The second-order valence-electron chi connectivity index (χ2n) is 9.37. The minimum atomic E-state index is -3.86. The third-order valence-corrected chi connectivity index (χ3v) is 9.60. The third kappa shape index (κ3) is 5.64. The van der Waals surface area contributed by atoms with Crippen LogP contribution in [0, 0.1) is 12.8 Å². The van der Waals surface area contributed by atoms with E-state index in [-0.39, 0.29) is 29.9 Å². The molecule has 5 nitrogen and oxygen atoms in total. The van der Waals surface area contributed by atoms with Crippen LogP contribution in [-0.2, 0) is 21.2 Å². The summed E-state index contributed by atoms with van der Waals surface area (Å²) in [6, 6.07) is 16.1. The lowest BCUT2D eigenvalue weighted by molar-refractivity contribution is -0.133. The highest BCUT2D eigenvalue weighted by molar-refractivity contribution is 7.89. The van der Waals surface area contributed by atoms with Crippen molar-refractivity contribution < 1.29 is 13.2 Å². The first-order valence-corrected chi connectivity index (χ1v) is 14.5. The van der Waals surface area contributed by atoms with Gasteiger partial charge in [-0.15, -0.1) is 11.3 Å². The van der Waals surface area contributed by atoms with Gasteiger partial charge in [-0.1, -0.05) is 49.7 Å². The zero-order valence-electron chi connectivity index (χ0n) is 20.3. The first-order valence-electron chi connectivity index (χ1n) is 11.9. The Morgan fingerprint density at radius 3 is 2.51 bits per heavy atom. The molecule has 0 radical (unpaired) electrons. The van der Waals surface area contributed by atoms with Gasteiger partial charge in [0.1, 0.15) is 0 Å². The van der Waals surface area contributed by atoms with E-state index in [0.29, 0.717) is 23.9 Å². The van der Waals surface area contributed by atoms with E-state index in [1.54, 1.807) is 23.5 Å². The summed E-state index contributed by atoms with van der Waals surface area (Å²) in [7, 11) is -3.86. The van der Waals surface area contributed by atoms with Crippen LogP contribution in [0.1, 0.15) is 47.9 Å². The quantitative estimate of drug-likeness (QED) is 0.363. The number of carbonyl (C=O) groups is 1. The highest BCUT2D eigenvalue weighted by atomic mass is 35.5. The van der Waals surface area contributed by atoms with Crippen molar-refractivity contribution in [1.82, 2.24) is 9.21 Å². The maximum absolute atomic E-state index is 13.8. The molecule has 0 bridgehead atoms. The minimum absolute atomic E-state index is 0.146. The number of rotatable bonds is 8. The second kappa shape index (κ2) is 10.8. The Kier molecular flexibility index (Phi) is 8.01. The summed E-state index contributed by atoms with van der Waals surface area (Å²) in [6.07, 6.45) is 1.44. The van der Waals surface area contributed by atoms with Gasteiger partial charge in [-0.2, -0.15) is 4.31 Å². The molecule has 0 spiro atoms. The molecular formula is C27H31ClN2O3S2. The van der Waals surface area contributed by atoms with Gasteiger partial charge in [0, 0.05) is 23.0 Å². The number of benzene rings is 2. The molecule has 1 aliphatic heterocycles. The first-order chi connectivity index (χ1) is 16.7. The molecule has 0 aliphatic carbocycles. The molecule has 1 amide bonds. The number of nitrogens with zero attached hydrogens (tertiary/aromatic N) is 2. The fraction of sp³-hybridized carbons (Fsp3) is 0.370. The van der Waals surface area contributed by atoms with E-state index >= 15 is 0 Å². The number of hydrogen-bond acceptors (Lipinski definition) is 4. The van der Waals surface area contributed by atoms with Crippen LogP contribution in [0.15, 0.2) is 64.9 Å². The number of aryl methyl sites for hydroxylation is 1. The molecule has 1 unspecified atom stereocenters. The smallest absolute Gasteiger partial charge is 0.243 e. The predicted molar refractivity (Wildman–Crippen MR) is 142 cm³/mol. The number of amides is 1. The molecule has 0 saturated heterocycles. The van der Waals surface area contributed by atoms with Crippen molar-refractivity contribution in [2.24, 2.45) is 5.92 Å². The van der Waals surface area contributed by atoms with Gasteiger partial charge in [-0.3, -0.25) is 4.79 Å². The van der Waals surface area contributed by atoms with E-state index in [1.807, 2.05) is 30.9 Å². The molecule has 3 aromatic rings. The van der Waals surface area contributed by atoms with Crippen molar-refractivity contribution in [3.63, 3.8) is 0 Å². The Bertz CT molecular complexity index is 1290. The molecule has 8 heteroatoms. The molecular weight excluding hydrogens is 500 g/mol. The summed E-state index contributed by atoms with van der Waals surface area (Å²) >= 11 is 7.70. The van der Waals surface area contributed by atoms with E-state index in [4.69, 9.17) is 11.6 Å². The molecule has 1 aliphatic rings. The topological polar surface area (TPSA) is 57.7 Å². The molecule has 2 heterocycles. The van der Waals surface area contributed by atoms with Gasteiger partial charge in [0.25, 0.3) is 0 Å². The van der Waals surface area contributed by atoms with Crippen molar-refractivity contribution >= 4 is 38.9 Å². The standard InChI is InChI=1S/C27H31ClN2O3S2/c1-19(2)12-15-29(35(32,33)22-10-8-21(28)9-11-22)18-26(31)30-16-13-25-24(14-17-34-25)27(30)23-7-5-4-6-20(23)3/h4-11,14,17,19,27H,12-13,15-16,18H2,1-3H3. The zero-order valence-corrected chi connectivity index (χ0v) is 22.7. The Balaban J connectivity index is 1.67. The lowest BCUT2D eigenvalue weighted by Gasteiger charge is -2.38. The third-order valence-electron chi connectivity index (χ3n) is 6.49. The highest BCUT2D eigenvalue weighted by Gasteiger charge is 2.36. The first kappa shape index (κ1) is 25.9. The molecule has 1 atom stereocenters. The van der Waals surface area contributed by atoms with E-state index in [2.05, 4.69) is 30.5 Å². The summed E-state index contributed by atoms with van der Waals surface area (Å²) in [5.41, 5.74) is 3.33. The fourth-order valence-electron chi connectivity index (χ4n) is 4.50. The zero-order chi connectivity index (χ0) is 25.2. The van der Waals surface area contributed by atoms with Gasteiger partial charge in [0.2, 0.25) is 15.9 Å². The van der Waals surface area contributed by atoms with Gasteiger partial charge in [-0.25, -0.2) is 8.42 Å². The van der Waals surface area contributed by atoms with Crippen LogP contribution >= 0.6 is 22.9 Å². The van der Waals surface area contributed by atoms with E-state index < -0.39 is 10.0 Å². The van der Waals surface area contributed by atoms with Crippen molar-refractivity contribution in [2.75, 3.05) is 19.6 Å². The molecule has 0 saturated carbocycles. The number of carbonyl (C=O) groups excluding carboxylic acids is 1. The van der Waals surface area contributed by atoms with Crippen molar-refractivity contribution in [3.05, 3.63) is 86.6 Å². The average molecular weight is 531 g/mol. The molecule has 0 fully saturated rings. The number of fused-ring (bicyclic) bond motifs is 1. The van der Waals surface area contributed by atoms with Crippen molar-refractivity contribution in [2.45, 2.75) is 44.6 Å². The lowest BCUT2D eigenvalue weighted by Crippen LogP contribution is -2.47. The maximum Gasteiger partial charge on any atom is 0.243 e. The molecule has 4 rings (SSSR count). The maximum atomic E-state index is 13.8. The summed E-state index contributed by atoms with van der Waals surface area (Å²) in [5, 5.41) is 2.54. The Morgan fingerprint density at radius 1 is 1.11 bits per heavy atom. The fourth-order valence-corrected chi connectivity index (χ4v) is 6.93. The van der Waals surface area contributed by atoms with Crippen LogP contribution < -0.4 is 0 Å². The normalized spacial score (nSPS) is 16.1. The summed E-state index contributed by atoms with van der Waals surface area (Å²) in [4.78, 5) is 17.1. The van der Waals surface area contributed by atoms with Gasteiger partial charge in [0.15, 0.2) is 0 Å². The molecule has 1 aromatic heterocycles. The number of thiophene rings is 1. The average Bonchev–Trinajstić information content (AvgIpc) is 3.30. The number of sulfonamides is 1. The summed E-state index contributed by atoms with van der Waals surface area (Å²) in [6.45, 7) is 6.79. The molecule has 186 valence electrons.